The average Bonchev–Trinajstić information content (AvgIpc) is 3.48. The van der Waals surface area contributed by atoms with Crippen molar-refractivity contribution < 1.29 is 24.2 Å². The zero-order chi connectivity index (χ0) is 25.4. The molecule has 0 bridgehead atoms. The summed E-state index contributed by atoms with van der Waals surface area (Å²) >= 11 is 0. The third-order valence-corrected chi connectivity index (χ3v) is 8.20. The number of rotatable bonds is 1. The molecule has 0 radical (unpaired) electrons. The second kappa shape index (κ2) is 9.98. The molecule has 0 amide bonds. The Bertz CT molecular complexity index is 1080. The fraction of sp³-hybridized carbons (Fsp3) is 0.621. The predicted octanol–water partition coefficient (Wildman–Crippen LogP) is 5.56. The first-order chi connectivity index (χ1) is 16.5. The molecule has 0 saturated carbocycles. The summed E-state index contributed by atoms with van der Waals surface area (Å²) in [6, 6.07) is 9.91. The van der Waals surface area contributed by atoms with Gasteiger partial charge in [-0.2, -0.15) is 0 Å². The Morgan fingerprint density at radius 2 is 1.86 bits per heavy atom. The molecule has 6 nitrogen and oxygen atoms in total. The fourth-order valence-corrected chi connectivity index (χ4v) is 5.50. The van der Waals surface area contributed by atoms with E-state index in [1.165, 1.54) is 0 Å². The molecule has 1 aromatic heterocycles. The smallest absolute Gasteiger partial charge is 0.306 e. The Morgan fingerprint density at radius 3 is 2.63 bits per heavy atom. The molecule has 0 aliphatic carbocycles. The van der Waals surface area contributed by atoms with Crippen molar-refractivity contribution in [3.05, 3.63) is 42.1 Å². The van der Waals surface area contributed by atoms with Crippen LogP contribution in [0.1, 0.15) is 84.8 Å². The van der Waals surface area contributed by atoms with Crippen molar-refractivity contribution in [3.8, 4) is 0 Å². The molecule has 4 rings (SSSR count). The van der Waals surface area contributed by atoms with Gasteiger partial charge in [-0.1, -0.05) is 52.3 Å². The minimum absolute atomic E-state index is 0.00445. The van der Waals surface area contributed by atoms with Crippen molar-refractivity contribution in [3.63, 3.8) is 0 Å². The van der Waals surface area contributed by atoms with Crippen LogP contribution in [-0.2, 0) is 19.1 Å². The van der Waals surface area contributed by atoms with Crippen LogP contribution in [-0.4, -0.2) is 39.7 Å². The molecule has 190 valence electrons. The number of epoxide rings is 1. The number of fused-ring (bicyclic) bond motifs is 2. The third kappa shape index (κ3) is 5.75. The first-order valence-corrected chi connectivity index (χ1v) is 12.9. The topological polar surface area (TPSA) is 89.0 Å². The van der Waals surface area contributed by atoms with Crippen LogP contribution in [0.2, 0.25) is 0 Å². The second-order valence-electron chi connectivity index (χ2n) is 11.5. The maximum Gasteiger partial charge on any atom is 0.306 e. The highest BCUT2D eigenvalue weighted by Gasteiger charge is 2.52. The summed E-state index contributed by atoms with van der Waals surface area (Å²) in [5.74, 6) is -0.803. The van der Waals surface area contributed by atoms with Crippen molar-refractivity contribution >= 4 is 22.7 Å². The molecule has 0 spiro atoms. The van der Waals surface area contributed by atoms with Crippen LogP contribution in [0.5, 0.6) is 0 Å². The predicted molar refractivity (Wildman–Crippen MR) is 135 cm³/mol. The van der Waals surface area contributed by atoms with E-state index < -0.39 is 23.5 Å². The van der Waals surface area contributed by atoms with E-state index in [0.717, 1.165) is 35.7 Å². The number of benzene rings is 1. The number of ether oxygens (including phenoxy) is 2. The Morgan fingerprint density at radius 1 is 1.09 bits per heavy atom. The van der Waals surface area contributed by atoms with E-state index in [1.807, 2.05) is 51.1 Å². The Kier molecular flexibility index (Phi) is 7.35. The number of aliphatic hydroxyl groups excluding tert-OH is 1. The average molecular weight is 482 g/mol. The molecule has 6 heteroatoms. The maximum atomic E-state index is 13.2. The Labute approximate surface area is 208 Å². The van der Waals surface area contributed by atoms with Gasteiger partial charge >= 0.3 is 5.97 Å². The summed E-state index contributed by atoms with van der Waals surface area (Å²) in [4.78, 5) is 30.6. The van der Waals surface area contributed by atoms with Crippen molar-refractivity contribution in [2.45, 2.75) is 97.1 Å². The maximum absolute atomic E-state index is 13.2. The van der Waals surface area contributed by atoms with Gasteiger partial charge in [0, 0.05) is 35.8 Å². The number of carbonyl (C=O) groups is 2. The van der Waals surface area contributed by atoms with Crippen LogP contribution in [0.3, 0.4) is 0 Å². The largest absolute Gasteiger partial charge is 0.457 e. The molecule has 3 heterocycles. The van der Waals surface area contributed by atoms with Crippen molar-refractivity contribution in [2.75, 3.05) is 0 Å². The number of esters is 1. The number of carbonyl (C=O) groups excluding carboxylic acids is 2. The molecule has 2 saturated heterocycles. The van der Waals surface area contributed by atoms with Crippen LogP contribution in [0, 0.1) is 17.3 Å². The summed E-state index contributed by atoms with van der Waals surface area (Å²) in [7, 11) is 0. The summed E-state index contributed by atoms with van der Waals surface area (Å²) in [5, 5.41) is 11.9. The van der Waals surface area contributed by atoms with Gasteiger partial charge in [0.25, 0.3) is 0 Å². The van der Waals surface area contributed by atoms with Gasteiger partial charge in [-0.3, -0.25) is 14.6 Å². The molecule has 0 unspecified atom stereocenters. The number of aliphatic hydroxyl groups is 1. The molecular weight excluding hydrogens is 442 g/mol. The monoisotopic (exact) mass is 481 g/mol. The molecule has 2 aliphatic rings. The highest BCUT2D eigenvalue weighted by Crippen LogP contribution is 2.46. The van der Waals surface area contributed by atoms with Gasteiger partial charge in [0.15, 0.2) is 0 Å². The molecular formula is C29H39NO5. The van der Waals surface area contributed by atoms with Crippen LogP contribution in [0.4, 0.5) is 0 Å². The van der Waals surface area contributed by atoms with Gasteiger partial charge in [-0.05, 0) is 49.8 Å². The zero-order valence-corrected chi connectivity index (χ0v) is 21.6. The van der Waals surface area contributed by atoms with Crippen LogP contribution in [0.25, 0.3) is 10.9 Å². The number of aromatic nitrogens is 1. The van der Waals surface area contributed by atoms with E-state index in [0.29, 0.717) is 12.8 Å². The lowest BCUT2D eigenvalue weighted by Crippen LogP contribution is -2.39. The molecule has 1 aromatic carbocycles. The summed E-state index contributed by atoms with van der Waals surface area (Å²) < 4.78 is 12.1. The van der Waals surface area contributed by atoms with Crippen molar-refractivity contribution in [1.82, 2.24) is 4.98 Å². The van der Waals surface area contributed by atoms with Crippen molar-refractivity contribution in [1.29, 1.82) is 0 Å². The molecule has 1 N–H and O–H groups in total. The fourth-order valence-electron chi connectivity index (χ4n) is 5.50. The van der Waals surface area contributed by atoms with Gasteiger partial charge in [-0.15, -0.1) is 0 Å². The van der Waals surface area contributed by atoms with Gasteiger partial charge in [0.2, 0.25) is 0 Å². The second-order valence-corrected chi connectivity index (χ2v) is 11.5. The lowest BCUT2D eigenvalue weighted by atomic mass is 9.74. The molecule has 2 aromatic rings. The number of hydrogen-bond donors (Lipinski definition) is 1. The quantitative estimate of drug-likeness (QED) is 0.424. The first-order valence-electron chi connectivity index (χ1n) is 12.9. The highest BCUT2D eigenvalue weighted by atomic mass is 16.6. The van der Waals surface area contributed by atoms with E-state index in [9.17, 15) is 14.7 Å². The zero-order valence-electron chi connectivity index (χ0n) is 21.6. The van der Waals surface area contributed by atoms with Gasteiger partial charge in [0.05, 0.1) is 23.3 Å². The highest BCUT2D eigenvalue weighted by molar-refractivity contribution is 5.87. The van der Waals surface area contributed by atoms with E-state index >= 15 is 0 Å². The lowest BCUT2D eigenvalue weighted by molar-refractivity contribution is -0.151. The minimum atomic E-state index is -0.725. The molecule has 6 atom stereocenters. The number of Topliss-reactive ketones (excluding diaryl/α,β-unsaturated/α-hetero) is 1. The third-order valence-electron chi connectivity index (χ3n) is 8.20. The number of nitrogens with zero attached hydrogens (tertiary/aromatic N) is 1. The van der Waals surface area contributed by atoms with Crippen LogP contribution in [0.15, 0.2) is 36.5 Å². The first kappa shape index (κ1) is 25.8. The van der Waals surface area contributed by atoms with Crippen LogP contribution < -0.4 is 0 Å². The summed E-state index contributed by atoms with van der Waals surface area (Å²) in [6.07, 6.45) is 4.33. The van der Waals surface area contributed by atoms with E-state index in [4.69, 9.17) is 9.47 Å². The molecule has 2 fully saturated rings. The lowest BCUT2D eigenvalue weighted by Gasteiger charge is -2.31. The standard InChI is InChI=1S/C29H39NO5/c1-18-8-6-13-29(5)24(35-29)17-23(21-11-10-20-9-7-15-30-22(20)16-21)34-25(31)12-14-28(3,4)27(33)19(2)26(18)32/h7,9-11,15-16,18-19,23-24,26,32H,6,8,12-14,17H2,1-5H3/t18-,19+,23-,24-,26-,29+/m0/s1. The number of ketones is 1. The van der Waals surface area contributed by atoms with Crippen LogP contribution >= 0.6 is 0 Å². The van der Waals surface area contributed by atoms with Gasteiger partial charge in [0.1, 0.15) is 11.9 Å². The van der Waals surface area contributed by atoms with E-state index in [2.05, 4.69) is 11.9 Å². The number of pyridine rings is 1. The van der Waals surface area contributed by atoms with Crippen molar-refractivity contribution in [2.24, 2.45) is 17.3 Å². The molecule has 2 aliphatic heterocycles. The SMILES string of the molecule is C[C@H]1CCC[C@@]2(C)O[C@H]2C[C@@H](c2ccc3cccnc3c2)OC(=O)CCC(C)(C)C(=O)[C@H](C)[C@H]1O. The number of hydrogen-bond acceptors (Lipinski definition) is 6. The van der Waals surface area contributed by atoms with Gasteiger partial charge < -0.3 is 14.6 Å². The van der Waals surface area contributed by atoms with E-state index in [-0.39, 0.29) is 35.8 Å². The Balaban J connectivity index is 1.58. The van der Waals surface area contributed by atoms with Gasteiger partial charge in [-0.25, -0.2) is 0 Å². The summed E-state index contributed by atoms with van der Waals surface area (Å²) in [6.45, 7) is 9.64. The minimum Gasteiger partial charge on any atom is -0.457 e. The Hall–Kier alpha value is -2.31. The van der Waals surface area contributed by atoms with E-state index in [1.54, 1.807) is 13.1 Å². The summed E-state index contributed by atoms with van der Waals surface area (Å²) in [5.41, 5.74) is 0.784. The normalized spacial score (nSPS) is 34.7. The molecule has 35 heavy (non-hydrogen) atoms. The number of cyclic esters (lactones) is 1.